The van der Waals surface area contributed by atoms with Gasteiger partial charge in [0.05, 0.1) is 0 Å². The van der Waals surface area contributed by atoms with E-state index in [-0.39, 0.29) is 0 Å². The van der Waals surface area contributed by atoms with Crippen molar-refractivity contribution in [1.82, 2.24) is 0 Å². The highest BCUT2D eigenvalue weighted by Crippen LogP contribution is 2.16. The van der Waals surface area contributed by atoms with Gasteiger partial charge in [0.1, 0.15) is 0 Å². The van der Waals surface area contributed by atoms with E-state index >= 15 is 0 Å². The Balaban J connectivity index is 3.02. The summed E-state index contributed by atoms with van der Waals surface area (Å²) in [6, 6.07) is 0. The zero-order valence-electron chi connectivity index (χ0n) is 3.26. The summed E-state index contributed by atoms with van der Waals surface area (Å²) in [4.78, 5) is 0. The molecule has 32 valence electrons. The van der Waals surface area contributed by atoms with E-state index in [1.54, 1.807) is 22.6 Å². The first-order valence-electron chi connectivity index (χ1n) is 1.38. The van der Waals surface area contributed by atoms with Gasteiger partial charge in [-0.3, -0.25) is 0 Å². The fourth-order valence-corrected chi connectivity index (χ4v) is 0. The number of rotatable bonds is 0. The zero-order chi connectivity index (χ0) is 4.50. The maximum atomic E-state index is 11.7. The van der Waals surface area contributed by atoms with Gasteiger partial charge in [0.15, 0.2) is 3.68 Å². The van der Waals surface area contributed by atoms with E-state index in [0.29, 0.717) is 0 Å². The van der Waals surface area contributed by atoms with Crippen molar-refractivity contribution in [3.63, 3.8) is 0 Å². The highest BCUT2D eigenvalue weighted by Gasteiger charge is 2.04. The van der Waals surface area contributed by atoms with Crippen LogP contribution in [-0.4, -0.2) is 3.68 Å². The molecule has 0 amide bonds. The Labute approximate surface area is 44.9 Å². The number of halogens is 2. The molecule has 0 atom stereocenters. The summed E-state index contributed by atoms with van der Waals surface area (Å²) in [5.41, 5.74) is 0. The summed E-state index contributed by atoms with van der Waals surface area (Å²) in [6.07, 6.45) is 0. The summed E-state index contributed by atoms with van der Waals surface area (Å²) in [7, 11) is 0. The van der Waals surface area contributed by atoms with Gasteiger partial charge in [-0.15, -0.1) is 0 Å². The van der Waals surface area contributed by atoms with Gasteiger partial charge < -0.3 is 0 Å². The molecule has 0 aliphatic heterocycles. The summed E-state index contributed by atoms with van der Waals surface area (Å²) >= 11 is 1.71. The Kier molecular flexibility index (Phi) is 1.59. The molecule has 0 radical (unpaired) electrons. The van der Waals surface area contributed by atoms with Crippen LogP contribution < -0.4 is 0 Å². The molecule has 0 saturated carbocycles. The van der Waals surface area contributed by atoms with Crippen molar-refractivity contribution in [2.24, 2.45) is 0 Å². The van der Waals surface area contributed by atoms with E-state index in [4.69, 9.17) is 0 Å². The van der Waals surface area contributed by atoms with Crippen LogP contribution in [0.3, 0.4) is 0 Å². The van der Waals surface area contributed by atoms with E-state index in [0.717, 1.165) is 0 Å². The van der Waals surface area contributed by atoms with Gasteiger partial charge in [-0.05, 0) is 36.4 Å². The second kappa shape index (κ2) is 1.41. The Morgan fingerprint density at radius 1 is 1.60 bits per heavy atom. The second-order valence-corrected chi connectivity index (χ2v) is 3.89. The first kappa shape index (κ1) is 5.66. The van der Waals surface area contributed by atoms with Crippen LogP contribution in [0.4, 0.5) is 4.39 Å². The van der Waals surface area contributed by atoms with Crippen LogP contribution in [0.2, 0.25) is 0 Å². The maximum absolute atomic E-state index is 11.7. The normalized spacial score (nSPS) is 12.0. The van der Waals surface area contributed by atoms with Gasteiger partial charge in [-0.1, -0.05) is 0 Å². The average Bonchev–Trinajstić information content (AvgIpc) is 0.722. The zero-order valence-corrected chi connectivity index (χ0v) is 5.41. The molecule has 0 aliphatic carbocycles. The highest BCUT2D eigenvalue weighted by atomic mass is 127. The minimum atomic E-state index is -1.03. The van der Waals surface area contributed by atoms with Gasteiger partial charge in [-0.2, -0.15) is 0 Å². The van der Waals surface area contributed by atoms with Gasteiger partial charge in [0, 0.05) is 0 Å². The summed E-state index contributed by atoms with van der Waals surface area (Å²) in [6.45, 7) is 3.02. The first-order chi connectivity index (χ1) is 2.00. The largest absolute Gasteiger partial charge is 0.233 e. The van der Waals surface area contributed by atoms with Crippen LogP contribution in [0.15, 0.2) is 0 Å². The van der Waals surface area contributed by atoms with E-state index in [9.17, 15) is 4.39 Å². The van der Waals surface area contributed by atoms with Gasteiger partial charge in [-0.25, -0.2) is 4.39 Å². The highest BCUT2D eigenvalue weighted by molar-refractivity contribution is 14.1. The lowest BCUT2D eigenvalue weighted by Crippen LogP contribution is -1.94. The van der Waals surface area contributed by atoms with Gasteiger partial charge in [0.2, 0.25) is 0 Å². The van der Waals surface area contributed by atoms with Crippen molar-refractivity contribution in [2.45, 2.75) is 17.5 Å². The molecule has 0 aromatic carbocycles. The third-order valence-corrected chi connectivity index (χ3v) is 0. The molecule has 0 fully saturated rings. The topological polar surface area (TPSA) is 0 Å². The second-order valence-electron chi connectivity index (χ2n) is 1.33. The molecule has 0 aromatic heterocycles. The van der Waals surface area contributed by atoms with Crippen molar-refractivity contribution >= 4 is 22.6 Å². The standard InChI is InChI=1S/C3H6FI/c1-3(2,4)5/h1-2H3. The molecule has 5 heavy (non-hydrogen) atoms. The van der Waals surface area contributed by atoms with Crippen LogP contribution in [0.1, 0.15) is 13.8 Å². The molecule has 0 aromatic rings. The lowest BCUT2D eigenvalue weighted by molar-refractivity contribution is 0.370. The Bertz CT molecular complexity index is 22.4. The fourth-order valence-electron chi connectivity index (χ4n) is 0. The molecule has 0 N–H and O–H groups in total. The molecule has 0 bridgehead atoms. The minimum Gasteiger partial charge on any atom is -0.233 e. The predicted molar refractivity (Wildman–Crippen MR) is 29.2 cm³/mol. The molecular formula is C3H6FI. The van der Waals surface area contributed by atoms with Crippen molar-refractivity contribution in [2.75, 3.05) is 0 Å². The minimum absolute atomic E-state index is 1.03. The maximum Gasteiger partial charge on any atom is 0.155 e. The van der Waals surface area contributed by atoms with E-state index in [1.165, 1.54) is 13.8 Å². The van der Waals surface area contributed by atoms with Crippen LogP contribution >= 0.6 is 22.6 Å². The van der Waals surface area contributed by atoms with Gasteiger partial charge >= 0.3 is 0 Å². The molecule has 0 aliphatic rings. The summed E-state index contributed by atoms with van der Waals surface area (Å²) in [5, 5.41) is 0. The number of hydrogen-bond donors (Lipinski definition) is 0. The molecule has 2 heteroatoms. The van der Waals surface area contributed by atoms with E-state index < -0.39 is 3.68 Å². The van der Waals surface area contributed by atoms with Crippen molar-refractivity contribution in [1.29, 1.82) is 0 Å². The Morgan fingerprint density at radius 3 is 1.60 bits per heavy atom. The van der Waals surface area contributed by atoms with Crippen LogP contribution in [0.5, 0.6) is 0 Å². The molecular weight excluding hydrogens is 182 g/mol. The smallest absolute Gasteiger partial charge is 0.155 e. The lowest BCUT2D eigenvalue weighted by Gasteiger charge is -1.97. The number of alkyl halides is 2. The van der Waals surface area contributed by atoms with Crippen molar-refractivity contribution < 1.29 is 4.39 Å². The van der Waals surface area contributed by atoms with Crippen LogP contribution in [0.25, 0.3) is 0 Å². The third-order valence-electron chi connectivity index (χ3n) is 0. The third kappa shape index (κ3) is 75.7. The molecule has 0 rings (SSSR count). The predicted octanol–water partition coefficient (Wildman–Crippen LogP) is 2.13. The van der Waals surface area contributed by atoms with Gasteiger partial charge in [0.25, 0.3) is 0 Å². The van der Waals surface area contributed by atoms with E-state index in [1.807, 2.05) is 0 Å². The Hall–Kier alpha value is 0.660. The summed E-state index contributed by atoms with van der Waals surface area (Å²) < 4.78 is 10.6. The fraction of sp³-hybridized carbons (Fsp3) is 1.00. The van der Waals surface area contributed by atoms with Crippen LogP contribution in [-0.2, 0) is 0 Å². The Morgan fingerprint density at radius 2 is 1.60 bits per heavy atom. The van der Waals surface area contributed by atoms with Crippen molar-refractivity contribution in [3.05, 3.63) is 0 Å². The van der Waals surface area contributed by atoms with Crippen molar-refractivity contribution in [3.8, 4) is 0 Å². The monoisotopic (exact) mass is 188 g/mol. The number of hydrogen-bond acceptors (Lipinski definition) is 0. The van der Waals surface area contributed by atoms with E-state index in [2.05, 4.69) is 0 Å². The molecule has 0 unspecified atom stereocenters. The average molecular weight is 188 g/mol. The lowest BCUT2D eigenvalue weighted by atomic mass is 10.5. The molecule has 0 nitrogen and oxygen atoms in total. The SMILES string of the molecule is CC(C)(F)I. The van der Waals surface area contributed by atoms with Crippen LogP contribution in [0, 0.1) is 0 Å². The molecule has 0 spiro atoms. The molecule has 0 heterocycles. The first-order valence-corrected chi connectivity index (χ1v) is 2.46. The quantitative estimate of drug-likeness (QED) is 0.403. The molecule has 0 saturated heterocycles. The summed E-state index contributed by atoms with van der Waals surface area (Å²) in [5.74, 6) is 0.